The molecule has 0 fully saturated rings. The number of aliphatic carboxylic acids is 1. The first kappa shape index (κ1) is 12.1. The van der Waals surface area contributed by atoms with Gasteiger partial charge in [-0.2, -0.15) is 11.8 Å². The maximum Gasteiger partial charge on any atom is 0.321 e. The average molecular weight is 229 g/mol. The number of aromatic nitrogens is 2. The van der Waals surface area contributed by atoms with E-state index in [2.05, 4.69) is 4.98 Å². The molecule has 0 saturated heterocycles. The fourth-order valence-electron chi connectivity index (χ4n) is 1.08. The van der Waals surface area contributed by atoms with Crippen LogP contribution in [-0.2, 0) is 18.3 Å². The highest BCUT2D eigenvalue weighted by atomic mass is 32.2. The molecule has 5 nitrogen and oxygen atoms in total. The third-order valence-electron chi connectivity index (χ3n) is 2.01. The highest BCUT2D eigenvalue weighted by molar-refractivity contribution is 7.99. The van der Waals surface area contributed by atoms with Crippen molar-refractivity contribution in [3.05, 3.63) is 18.2 Å². The van der Waals surface area contributed by atoms with Crippen molar-refractivity contribution in [2.45, 2.75) is 12.5 Å². The van der Waals surface area contributed by atoms with Crippen LogP contribution in [-0.4, -0.2) is 38.2 Å². The zero-order valence-electron chi connectivity index (χ0n) is 8.59. The lowest BCUT2D eigenvalue weighted by Gasteiger charge is -2.05. The summed E-state index contributed by atoms with van der Waals surface area (Å²) in [5.41, 5.74) is 5.36. The number of nitrogens with two attached hydrogens (primary N) is 1. The van der Waals surface area contributed by atoms with Gasteiger partial charge in [-0.25, -0.2) is 4.98 Å². The van der Waals surface area contributed by atoms with Gasteiger partial charge in [-0.1, -0.05) is 0 Å². The van der Waals surface area contributed by atoms with Crippen LogP contribution < -0.4 is 5.73 Å². The predicted octanol–water partition coefficient (Wildman–Crippen LogP) is 0.108. The number of carboxylic acid groups (broad SMARTS) is 1. The summed E-state index contributed by atoms with van der Waals surface area (Å²) >= 11 is 1.54. The van der Waals surface area contributed by atoms with Gasteiger partial charge in [-0.15, -0.1) is 0 Å². The van der Waals surface area contributed by atoms with Gasteiger partial charge in [0.2, 0.25) is 0 Å². The van der Waals surface area contributed by atoms with Crippen molar-refractivity contribution in [2.24, 2.45) is 12.8 Å². The molecule has 1 aromatic heterocycles. The molecular formula is C9H15N3O2S. The van der Waals surface area contributed by atoms with E-state index in [1.54, 1.807) is 6.20 Å². The molecule has 0 spiro atoms. The summed E-state index contributed by atoms with van der Waals surface area (Å²) in [6, 6.07) is -0.767. The van der Waals surface area contributed by atoms with Crippen molar-refractivity contribution in [1.29, 1.82) is 0 Å². The van der Waals surface area contributed by atoms with Crippen LogP contribution in [0.2, 0.25) is 0 Å². The minimum Gasteiger partial charge on any atom is -0.480 e. The SMILES string of the molecule is Cn1ccnc1CCSC[C@H](N)C(=O)O. The van der Waals surface area contributed by atoms with Crippen molar-refractivity contribution < 1.29 is 9.90 Å². The van der Waals surface area contributed by atoms with Crippen LogP contribution in [0.15, 0.2) is 12.4 Å². The lowest BCUT2D eigenvalue weighted by Crippen LogP contribution is -2.32. The van der Waals surface area contributed by atoms with Gasteiger partial charge in [0.05, 0.1) is 0 Å². The molecule has 0 radical (unpaired) electrons. The average Bonchev–Trinajstić information content (AvgIpc) is 2.58. The van der Waals surface area contributed by atoms with Crippen LogP contribution in [0.3, 0.4) is 0 Å². The molecule has 0 saturated carbocycles. The van der Waals surface area contributed by atoms with Crippen LogP contribution >= 0.6 is 11.8 Å². The third-order valence-corrected chi connectivity index (χ3v) is 3.09. The first-order chi connectivity index (χ1) is 7.11. The second kappa shape index (κ2) is 5.77. The topological polar surface area (TPSA) is 81.1 Å². The van der Waals surface area contributed by atoms with Crippen LogP contribution in [0.5, 0.6) is 0 Å². The number of hydrogen-bond donors (Lipinski definition) is 2. The van der Waals surface area contributed by atoms with E-state index >= 15 is 0 Å². The second-order valence-electron chi connectivity index (χ2n) is 3.22. The molecule has 1 atom stereocenters. The van der Waals surface area contributed by atoms with Gasteiger partial charge in [-0.05, 0) is 0 Å². The number of nitrogens with zero attached hydrogens (tertiary/aromatic N) is 2. The Morgan fingerprint density at radius 1 is 1.80 bits per heavy atom. The van der Waals surface area contributed by atoms with E-state index in [9.17, 15) is 4.79 Å². The van der Waals surface area contributed by atoms with Crippen LogP contribution in [0.4, 0.5) is 0 Å². The Balaban J connectivity index is 2.17. The van der Waals surface area contributed by atoms with Crippen LogP contribution in [0.25, 0.3) is 0 Å². The zero-order valence-corrected chi connectivity index (χ0v) is 9.41. The van der Waals surface area contributed by atoms with E-state index in [-0.39, 0.29) is 0 Å². The third kappa shape index (κ3) is 3.93. The van der Waals surface area contributed by atoms with Crippen molar-refractivity contribution in [2.75, 3.05) is 11.5 Å². The van der Waals surface area contributed by atoms with Crippen LogP contribution in [0, 0.1) is 0 Å². The predicted molar refractivity (Wildman–Crippen MR) is 59.8 cm³/mol. The Hall–Kier alpha value is -1.01. The summed E-state index contributed by atoms with van der Waals surface area (Å²) in [7, 11) is 1.94. The number of rotatable bonds is 6. The molecule has 1 heterocycles. The minimum absolute atomic E-state index is 0.444. The first-order valence-electron chi connectivity index (χ1n) is 4.63. The Labute approximate surface area is 92.7 Å². The number of imidazole rings is 1. The van der Waals surface area contributed by atoms with E-state index in [0.29, 0.717) is 5.75 Å². The molecule has 0 amide bonds. The second-order valence-corrected chi connectivity index (χ2v) is 4.37. The summed E-state index contributed by atoms with van der Waals surface area (Å²) in [5.74, 6) is 1.34. The lowest BCUT2D eigenvalue weighted by atomic mass is 10.4. The molecule has 3 N–H and O–H groups in total. The van der Waals surface area contributed by atoms with Gasteiger partial charge in [0.25, 0.3) is 0 Å². The zero-order chi connectivity index (χ0) is 11.3. The van der Waals surface area contributed by atoms with Gasteiger partial charge < -0.3 is 15.4 Å². The number of aryl methyl sites for hydroxylation is 2. The van der Waals surface area contributed by atoms with Gasteiger partial charge >= 0.3 is 5.97 Å². The molecule has 0 aromatic carbocycles. The highest BCUT2D eigenvalue weighted by Crippen LogP contribution is 2.06. The standard InChI is InChI=1S/C9H15N3O2S/c1-12-4-3-11-8(12)2-5-15-6-7(10)9(13)14/h3-4,7H,2,5-6,10H2,1H3,(H,13,14)/t7-/m0/s1. The lowest BCUT2D eigenvalue weighted by molar-refractivity contribution is -0.137. The fraction of sp³-hybridized carbons (Fsp3) is 0.556. The van der Waals surface area contributed by atoms with Gasteiger partial charge in [-0.3, -0.25) is 4.79 Å². The van der Waals surface area contributed by atoms with Crippen molar-refractivity contribution in [3.8, 4) is 0 Å². The summed E-state index contributed by atoms with van der Waals surface area (Å²) in [4.78, 5) is 14.6. The van der Waals surface area contributed by atoms with Crippen LogP contribution in [0.1, 0.15) is 5.82 Å². The molecule has 0 bridgehead atoms. The van der Waals surface area contributed by atoms with Gasteiger partial charge in [0, 0.05) is 37.4 Å². The highest BCUT2D eigenvalue weighted by Gasteiger charge is 2.10. The largest absolute Gasteiger partial charge is 0.480 e. The smallest absolute Gasteiger partial charge is 0.321 e. The quantitative estimate of drug-likeness (QED) is 0.677. The molecule has 15 heavy (non-hydrogen) atoms. The van der Waals surface area contributed by atoms with E-state index in [4.69, 9.17) is 10.8 Å². The summed E-state index contributed by atoms with van der Waals surface area (Å²) in [6.45, 7) is 0. The molecule has 0 unspecified atom stereocenters. The van der Waals surface area contributed by atoms with Crippen molar-refractivity contribution in [1.82, 2.24) is 9.55 Å². The summed E-state index contributed by atoms with van der Waals surface area (Å²) in [5, 5.41) is 8.55. The minimum atomic E-state index is -0.945. The maximum absolute atomic E-state index is 10.4. The number of carbonyl (C=O) groups is 1. The summed E-state index contributed by atoms with van der Waals surface area (Å²) in [6.07, 6.45) is 4.48. The Morgan fingerprint density at radius 3 is 3.07 bits per heavy atom. The molecule has 6 heteroatoms. The van der Waals surface area contributed by atoms with E-state index in [0.717, 1.165) is 18.0 Å². The van der Waals surface area contributed by atoms with Gasteiger partial charge in [0.1, 0.15) is 11.9 Å². The first-order valence-corrected chi connectivity index (χ1v) is 5.79. The molecule has 0 aliphatic rings. The summed E-state index contributed by atoms with van der Waals surface area (Å²) < 4.78 is 1.96. The maximum atomic E-state index is 10.4. The number of carboxylic acids is 1. The Morgan fingerprint density at radius 2 is 2.53 bits per heavy atom. The molecule has 0 aliphatic heterocycles. The molecule has 1 rings (SSSR count). The van der Waals surface area contributed by atoms with Crippen molar-refractivity contribution >= 4 is 17.7 Å². The monoisotopic (exact) mass is 229 g/mol. The number of hydrogen-bond acceptors (Lipinski definition) is 4. The Kier molecular flexibility index (Phi) is 4.64. The van der Waals surface area contributed by atoms with Gasteiger partial charge in [0.15, 0.2) is 0 Å². The van der Waals surface area contributed by atoms with E-state index in [1.807, 2.05) is 17.8 Å². The van der Waals surface area contributed by atoms with Crippen molar-refractivity contribution in [3.63, 3.8) is 0 Å². The molecular weight excluding hydrogens is 214 g/mol. The fourth-order valence-corrected chi connectivity index (χ4v) is 1.97. The van der Waals surface area contributed by atoms with E-state index < -0.39 is 12.0 Å². The number of thioether (sulfide) groups is 1. The molecule has 0 aliphatic carbocycles. The molecule has 84 valence electrons. The normalized spacial score (nSPS) is 12.7. The Bertz CT molecular complexity index is 327. The molecule has 1 aromatic rings. The van der Waals surface area contributed by atoms with E-state index in [1.165, 1.54) is 11.8 Å².